The third-order valence-electron chi connectivity index (χ3n) is 5.11. The maximum Gasteiger partial charge on any atom is 0.122 e. The van der Waals surface area contributed by atoms with Crippen LogP contribution in [-0.2, 0) is 0 Å². The van der Waals surface area contributed by atoms with Crippen molar-refractivity contribution in [3.05, 3.63) is 109 Å². The summed E-state index contributed by atoms with van der Waals surface area (Å²) in [5, 5.41) is 5.72. The van der Waals surface area contributed by atoms with Gasteiger partial charge in [-0.15, -0.1) is 0 Å². The van der Waals surface area contributed by atoms with Gasteiger partial charge in [-0.3, -0.25) is 0 Å². The zero-order valence-electron chi connectivity index (χ0n) is 15.1. The van der Waals surface area contributed by atoms with Crippen molar-refractivity contribution in [1.82, 2.24) is 0 Å². The average Bonchev–Trinajstić information content (AvgIpc) is 2.72. The zero-order valence-corrected chi connectivity index (χ0v) is 16.1. The molecule has 0 spiro atoms. The van der Waals surface area contributed by atoms with Crippen LogP contribution in [0.3, 0.4) is 0 Å². The van der Waals surface area contributed by atoms with Gasteiger partial charge in [-0.1, -0.05) is 120 Å². The third kappa shape index (κ3) is 3.49. The molecule has 0 aromatic heterocycles. The lowest BCUT2D eigenvalue weighted by Gasteiger charge is -2.22. The summed E-state index contributed by atoms with van der Waals surface area (Å²) >= 11 is 0. The summed E-state index contributed by atoms with van der Waals surface area (Å²) in [5.74, 6) is 0.524. The molecule has 4 aromatic carbocycles. The van der Waals surface area contributed by atoms with Crippen LogP contribution >= 0.6 is 0 Å². The van der Waals surface area contributed by atoms with Crippen LogP contribution in [0.4, 0.5) is 0 Å². The Bertz CT molecular complexity index is 932. The van der Waals surface area contributed by atoms with Crippen molar-refractivity contribution in [2.75, 3.05) is 0 Å². The highest BCUT2D eigenvalue weighted by atomic mass is 28.3. The topological polar surface area (TPSA) is 0 Å². The molecule has 4 rings (SSSR count). The van der Waals surface area contributed by atoms with Gasteiger partial charge in [-0.05, 0) is 28.3 Å². The number of rotatable bonds is 5. The maximum absolute atomic E-state index is 2.39. The molecular weight excluding hydrogens is 328 g/mol. The van der Waals surface area contributed by atoms with Crippen molar-refractivity contribution in [3.8, 4) is 0 Å². The van der Waals surface area contributed by atoms with E-state index in [1.165, 1.54) is 32.8 Å². The van der Waals surface area contributed by atoms with Crippen molar-refractivity contribution >= 4 is 29.9 Å². The van der Waals surface area contributed by atoms with E-state index in [0.29, 0.717) is 5.92 Å². The lowest BCUT2D eigenvalue weighted by atomic mass is 9.96. The summed E-state index contributed by atoms with van der Waals surface area (Å²) in [7, 11) is -0.814. The van der Waals surface area contributed by atoms with Crippen LogP contribution in [0.2, 0.25) is 6.04 Å². The average molecular weight is 352 g/mol. The van der Waals surface area contributed by atoms with E-state index in [4.69, 9.17) is 0 Å². The van der Waals surface area contributed by atoms with Crippen molar-refractivity contribution in [1.29, 1.82) is 0 Å². The van der Waals surface area contributed by atoms with Gasteiger partial charge in [0, 0.05) is 0 Å². The molecule has 0 unspecified atom stereocenters. The quantitative estimate of drug-likeness (QED) is 0.431. The number of hydrogen-bond donors (Lipinski definition) is 0. The van der Waals surface area contributed by atoms with Gasteiger partial charge in [0.1, 0.15) is 8.80 Å². The molecule has 0 nitrogen and oxygen atoms in total. The summed E-state index contributed by atoms with van der Waals surface area (Å²) in [6, 6.07) is 38.8. The molecule has 1 radical (unpaired) electrons. The van der Waals surface area contributed by atoms with E-state index < -0.39 is 8.80 Å². The molecule has 0 bridgehead atoms. The fourth-order valence-corrected chi connectivity index (χ4v) is 6.60. The summed E-state index contributed by atoms with van der Waals surface area (Å²) in [5.41, 5.74) is 1.47. The zero-order chi connectivity index (χ0) is 17.8. The first-order chi connectivity index (χ1) is 12.8. The minimum absolute atomic E-state index is 0.524. The van der Waals surface area contributed by atoms with Crippen molar-refractivity contribution in [3.63, 3.8) is 0 Å². The minimum Gasteiger partial charge on any atom is -0.0628 e. The summed E-state index contributed by atoms with van der Waals surface area (Å²) < 4.78 is 0. The van der Waals surface area contributed by atoms with Crippen LogP contribution in [0.5, 0.6) is 0 Å². The normalized spacial score (nSPS) is 12.4. The van der Waals surface area contributed by atoms with Gasteiger partial charge in [-0.25, -0.2) is 0 Å². The van der Waals surface area contributed by atoms with Crippen LogP contribution in [0.1, 0.15) is 18.4 Å². The minimum atomic E-state index is -0.814. The van der Waals surface area contributed by atoms with E-state index in [9.17, 15) is 0 Å². The molecule has 0 saturated carbocycles. The Morgan fingerprint density at radius 2 is 1.15 bits per heavy atom. The maximum atomic E-state index is 2.39. The highest BCUT2D eigenvalue weighted by molar-refractivity contribution is 6.85. The molecule has 0 saturated heterocycles. The molecule has 26 heavy (non-hydrogen) atoms. The first-order valence-corrected chi connectivity index (χ1v) is 11.0. The van der Waals surface area contributed by atoms with E-state index in [2.05, 4.69) is 110 Å². The van der Waals surface area contributed by atoms with E-state index >= 15 is 0 Å². The van der Waals surface area contributed by atoms with Gasteiger partial charge >= 0.3 is 0 Å². The van der Waals surface area contributed by atoms with E-state index in [1.807, 2.05) is 0 Å². The van der Waals surface area contributed by atoms with Crippen molar-refractivity contribution < 1.29 is 0 Å². The SMILES string of the molecule is C[C@H](C[Si](c1ccccc1)c1ccccc1)c1cccc2ccccc12. The van der Waals surface area contributed by atoms with Gasteiger partial charge in [0.2, 0.25) is 0 Å². The first-order valence-electron chi connectivity index (χ1n) is 9.27. The van der Waals surface area contributed by atoms with Crippen LogP contribution in [-0.4, -0.2) is 8.80 Å². The molecule has 1 atom stereocenters. The largest absolute Gasteiger partial charge is 0.122 e. The second-order valence-corrected chi connectivity index (χ2v) is 9.40. The Kier molecular flexibility index (Phi) is 4.99. The second-order valence-electron chi connectivity index (χ2n) is 6.88. The Hall–Kier alpha value is -2.64. The first kappa shape index (κ1) is 16.8. The number of fused-ring (bicyclic) bond motifs is 1. The Labute approximate surface area is 157 Å². The molecule has 0 aliphatic rings. The molecule has 127 valence electrons. The van der Waals surface area contributed by atoms with E-state index in [0.717, 1.165) is 0 Å². The highest BCUT2D eigenvalue weighted by Gasteiger charge is 2.21. The standard InChI is InChI=1S/C25H23Si/c1-20(24-18-10-12-21-11-8-9-17-25(21)24)19-26(22-13-4-2-5-14-22)23-15-6-3-7-16-23/h2-18,20H,19H2,1H3/t20-/m1/s1. The summed E-state index contributed by atoms with van der Waals surface area (Å²) in [4.78, 5) is 0. The Morgan fingerprint density at radius 3 is 1.81 bits per heavy atom. The molecule has 0 heterocycles. The van der Waals surface area contributed by atoms with Gasteiger partial charge < -0.3 is 0 Å². The van der Waals surface area contributed by atoms with E-state index in [1.54, 1.807) is 0 Å². The molecule has 0 N–H and O–H groups in total. The molecule has 4 aromatic rings. The molecule has 1 heteroatoms. The lowest BCUT2D eigenvalue weighted by Crippen LogP contribution is -2.42. The highest BCUT2D eigenvalue weighted by Crippen LogP contribution is 2.28. The number of benzene rings is 4. The fourth-order valence-electron chi connectivity index (χ4n) is 3.78. The van der Waals surface area contributed by atoms with Crippen LogP contribution in [0.15, 0.2) is 103 Å². The number of hydrogen-bond acceptors (Lipinski definition) is 0. The smallest absolute Gasteiger partial charge is 0.0628 e. The van der Waals surface area contributed by atoms with Crippen LogP contribution in [0, 0.1) is 0 Å². The van der Waals surface area contributed by atoms with Gasteiger partial charge in [0.25, 0.3) is 0 Å². The van der Waals surface area contributed by atoms with Crippen molar-refractivity contribution in [2.45, 2.75) is 18.9 Å². The third-order valence-corrected chi connectivity index (χ3v) is 8.19. The van der Waals surface area contributed by atoms with Gasteiger partial charge in [0.15, 0.2) is 0 Å². The second kappa shape index (κ2) is 7.71. The summed E-state index contributed by atoms with van der Waals surface area (Å²) in [6.45, 7) is 2.39. The van der Waals surface area contributed by atoms with Crippen LogP contribution in [0.25, 0.3) is 10.8 Å². The predicted molar refractivity (Wildman–Crippen MR) is 115 cm³/mol. The monoisotopic (exact) mass is 351 g/mol. The molecular formula is C25H23Si. The Morgan fingerprint density at radius 1 is 0.615 bits per heavy atom. The van der Waals surface area contributed by atoms with Gasteiger partial charge in [0.05, 0.1) is 0 Å². The molecule has 0 fully saturated rings. The fraction of sp³-hybridized carbons (Fsp3) is 0.120. The van der Waals surface area contributed by atoms with Crippen LogP contribution < -0.4 is 10.4 Å². The molecule has 0 amide bonds. The van der Waals surface area contributed by atoms with Crippen molar-refractivity contribution in [2.24, 2.45) is 0 Å². The van der Waals surface area contributed by atoms with E-state index in [-0.39, 0.29) is 0 Å². The summed E-state index contributed by atoms with van der Waals surface area (Å²) in [6.07, 6.45) is 0. The Balaban J connectivity index is 1.71. The predicted octanol–water partition coefficient (Wildman–Crippen LogP) is 5.25. The molecule has 0 aliphatic carbocycles. The lowest BCUT2D eigenvalue weighted by molar-refractivity contribution is 0.866. The van der Waals surface area contributed by atoms with Gasteiger partial charge in [-0.2, -0.15) is 0 Å². The molecule has 0 aliphatic heterocycles.